The zero-order valence-corrected chi connectivity index (χ0v) is 18.9. The summed E-state index contributed by atoms with van der Waals surface area (Å²) in [6.07, 6.45) is 3.59. The number of carbonyl (C=O) groups is 3. The summed E-state index contributed by atoms with van der Waals surface area (Å²) in [4.78, 5) is 40.4. The van der Waals surface area contributed by atoms with E-state index in [1.165, 1.54) is 12.1 Å². The van der Waals surface area contributed by atoms with E-state index < -0.39 is 23.6 Å². The van der Waals surface area contributed by atoms with Crippen LogP contribution in [0.25, 0.3) is 6.08 Å². The molecule has 2 aromatic carbocycles. The second-order valence-electron chi connectivity index (χ2n) is 7.68. The summed E-state index contributed by atoms with van der Waals surface area (Å²) >= 11 is 6.56. The first-order valence-electron chi connectivity index (χ1n) is 10.2. The van der Waals surface area contributed by atoms with Crippen LogP contribution in [0.15, 0.2) is 41.3 Å². The average Bonchev–Trinajstić information content (AvgIpc) is 3.37. The van der Waals surface area contributed by atoms with Gasteiger partial charge in [0, 0.05) is 23.8 Å². The van der Waals surface area contributed by atoms with E-state index >= 15 is 0 Å². The van der Waals surface area contributed by atoms with Gasteiger partial charge in [-0.05, 0) is 85.1 Å². The molecule has 0 unspecified atom stereocenters. The first kappa shape index (κ1) is 22.4. The van der Waals surface area contributed by atoms with Gasteiger partial charge in [-0.25, -0.2) is 4.39 Å². The molecule has 9 heteroatoms. The molecule has 2 aromatic rings. The maximum absolute atomic E-state index is 14.7. The summed E-state index contributed by atoms with van der Waals surface area (Å²) in [6.45, 7) is 3.08. The van der Waals surface area contributed by atoms with Gasteiger partial charge in [-0.2, -0.15) is 0 Å². The highest BCUT2D eigenvalue weighted by Gasteiger charge is 2.36. The number of benzene rings is 2. The van der Waals surface area contributed by atoms with Crippen molar-refractivity contribution in [2.75, 3.05) is 29.9 Å². The van der Waals surface area contributed by atoms with Crippen molar-refractivity contribution in [1.82, 2.24) is 4.90 Å². The van der Waals surface area contributed by atoms with Crippen molar-refractivity contribution in [3.63, 3.8) is 0 Å². The maximum atomic E-state index is 14.7. The molecule has 166 valence electrons. The van der Waals surface area contributed by atoms with E-state index in [1.54, 1.807) is 30.3 Å². The fraction of sp³-hybridized carbons (Fsp3) is 0.261. The van der Waals surface area contributed by atoms with Crippen molar-refractivity contribution in [2.45, 2.75) is 19.8 Å². The monoisotopic (exact) mass is 473 g/mol. The number of nitrogens with zero attached hydrogens (tertiary/aromatic N) is 2. The molecule has 2 aliphatic rings. The number of thioether (sulfide) groups is 1. The minimum Gasteiger partial charge on any atom is -0.369 e. The number of imide groups is 1. The molecule has 4 rings (SSSR count). The first-order valence-corrected chi connectivity index (χ1v) is 11.4. The van der Waals surface area contributed by atoms with Crippen LogP contribution in [0.4, 0.5) is 20.6 Å². The minimum atomic E-state index is -0.574. The Bertz CT molecular complexity index is 1110. The van der Waals surface area contributed by atoms with Crippen LogP contribution >= 0.6 is 23.4 Å². The summed E-state index contributed by atoms with van der Waals surface area (Å²) < 4.78 is 14.7. The highest BCUT2D eigenvalue weighted by atomic mass is 35.5. The highest BCUT2D eigenvalue weighted by molar-refractivity contribution is 8.18. The summed E-state index contributed by atoms with van der Waals surface area (Å²) in [5, 5.41) is 2.61. The first-order chi connectivity index (χ1) is 15.3. The van der Waals surface area contributed by atoms with Gasteiger partial charge in [0.25, 0.3) is 11.1 Å². The number of nitrogens with one attached hydrogen (secondary N) is 1. The number of hydrogen-bond donors (Lipinski definition) is 1. The number of carbonyl (C=O) groups excluding carboxylic acids is 3. The second-order valence-corrected chi connectivity index (χ2v) is 9.11. The molecule has 2 fully saturated rings. The fourth-order valence-corrected chi connectivity index (χ4v) is 4.65. The number of rotatable bonds is 5. The summed E-state index contributed by atoms with van der Waals surface area (Å²) in [6, 6.07) is 9.65. The Morgan fingerprint density at radius 3 is 2.56 bits per heavy atom. The SMILES string of the molecule is Cc1cc(N2CCCC2)c(F)cc1/C=C1\SC(=O)N(CC(=O)Nc2ccc(Cl)cc2)C1=O. The smallest absolute Gasteiger partial charge is 0.294 e. The third-order valence-corrected chi connectivity index (χ3v) is 6.53. The minimum absolute atomic E-state index is 0.158. The predicted octanol–water partition coefficient (Wildman–Crippen LogP) is 5.06. The molecule has 0 bridgehead atoms. The van der Waals surface area contributed by atoms with Crippen molar-refractivity contribution >= 4 is 57.9 Å². The van der Waals surface area contributed by atoms with Crippen molar-refractivity contribution in [2.24, 2.45) is 0 Å². The van der Waals surface area contributed by atoms with E-state index in [4.69, 9.17) is 11.6 Å². The fourth-order valence-electron chi connectivity index (χ4n) is 3.69. The Hall–Kier alpha value is -2.84. The zero-order chi connectivity index (χ0) is 22.8. The van der Waals surface area contributed by atoms with Crippen molar-refractivity contribution < 1.29 is 18.8 Å². The molecule has 0 saturated carbocycles. The van der Waals surface area contributed by atoms with Crippen LogP contribution in [0.1, 0.15) is 24.0 Å². The number of hydrogen-bond acceptors (Lipinski definition) is 5. The van der Waals surface area contributed by atoms with E-state index in [0.717, 1.165) is 48.2 Å². The van der Waals surface area contributed by atoms with Gasteiger partial charge in [-0.15, -0.1) is 0 Å². The zero-order valence-electron chi connectivity index (χ0n) is 17.4. The topological polar surface area (TPSA) is 69.7 Å². The molecule has 2 heterocycles. The molecule has 0 aliphatic carbocycles. The Morgan fingerprint density at radius 2 is 1.88 bits per heavy atom. The van der Waals surface area contributed by atoms with E-state index in [0.29, 0.717) is 22.0 Å². The van der Waals surface area contributed by atoms with Gasteiger partial charge in [-0.3, -0.25) is 19.3 Å². The van der Waals surface area contributed by atoms with Crippen molar-refractivity contribution in [3.05, 3.63) is 63.3 Å². The highest BCUT2D eigenvalue weighted by Crippen LogP contribution is 2.34. The maximum Gasteiger partial charge on any atom is 0.294 e. The Kier molecular flexibility index (Phi) is 6.53. The van der Waals surface area contributed by atoms with E-state index in [-0.39, 0.29) is 10.7 Å². The lowest BCUT2D eigenvalue weighted by molar-refractivity contribution is -0.127. The third-order valence-electron chi connectivity index (χ3n) is 5.37. The van der Waals surface area contributed by atoms with Crippen LogP contribution in [0.5, 0.6) is 0 Å². The molecule has 0 aromatic heterocycles. The molecule has 0 radical (unpaired) electrons. The van der Waals surface area contributed by atoms with Gasteiger partial charge in [0.05, 0.1) is 10.6 Å². The van der Waals surface area contributed by atoms with Crippen LogP contribution in [0, 0.1) is 12.7 Å². The number of halogens is 2. The second kappa shape index (κ2) is 9.34. The Balaban J connectivity index is 1.47. The lowest BCUT2D eigenvalue weighted by Crippen LogP contribution is -2.36. The molecule has 1 N–H and O–H groups in total. The van der Waals surface area contributed by atoms with Crippen LogP contribution in [0.3, 0.4) is 0 Å². The molecule has 0 spiro atoms. The van der Waals surface area contributed by atoms with Crippen LogP contribution in [-0.4, -0.2) is 41.6 Å². The number of anilines is 2. The molecular formula is C23H21ClFN3O3S. The third kappa shape index (κ3) is 4.81. The van der Waals surface area contributed by atoms with Crippen LogP contribution in [-0.2, 0) is 9.59 Å². The standard InChI is InChI=1S/C23H21ClFN3O3S/c1-14-10-19(27-8-2-3-9-27)18(25)11-15(14)12-20-22(30)28(23(31)32-20)13-21(29)26-17-6-4-16(24)5-7-17/h4-7,10-12H,2-3,8-9,13H2,1H3,(H,26,29)/b20-12-. The van der Waals surface area contributed by atoms with E-state index in [9.17, 15) is 18.8 Å². The molecular weight excluding hydrogens is 453 g/mol. The molecule has 0 atom stereocenters. The van der Waals surface area contributed by atoms with Gasteiger partial charge in [0.1, 0.15) is 12.4 Å². The number of amides is 3. The average molecular weight is 474 g/mol. The van der Waals surface area contributed by atoms with Gasteiger partial charge in [0.15, 0.2) is 0 Å². The van der Waals surface area contributed by atoms with E-state index in [2.05, 4.69) is 5.32 Å². The molecule has 2 saturated heterocycles. The van der Waals surface area contributed by atoms with Crippen LogP contribution < -0.4 is 10.2 Å². The molecule has 2 aliphatic heterocycles. The normalized spacial score (nSPS) is 17.5. The van der Waals surface area contributed by atoms with Crippen molar-refractivity contribution in [1.29, 1.82) is 0 Å². The van der Waals surface area contributed by atoms with E-state index in [1.807, 2.05) is 11.8 Å². The lowest BCUT2D eigenvalue weighted by Gasteiger charge is -2.19. The Labute approximate surface area is 194 Å². The van der Waals surface area contributed by atoms with Gasteiger partial charge < -0.3 is 10.2 Å². The van der Waals surface area contributed by atoms with Gasteiger partial charge in [-0.1, -0.05) is 11.6 Å². The quantitative estimate of drug-likeness (QED) is 0.614. The Morgan fingerprint density at radius 1 is 1.19 bits per heavy atom. The lowest BCUT2D eigenvalue weighted by atomic mass is 10.1. The summed E-state index contributed by atoms with van der Waals surface area (Å²) in [7, 11) is 0. The van der Waals surface area contributed by atoms with Crippen LogP contribution in [0.2, 0.25) is 5.02 Å². The molecule has 3 amide bonds. The summed E-state index contributed by atoms with van der Waals surface area (Å²) in [5.41, 5.74) is 2.40. The number of aryl methyl sites for hydroxylation is 1. The predicted molar refractivity (Wildman–Crippen MR) is 125 cm³/mol. The molecule has 32 heavy (non-hydrogen) atoms. The van der Waals surface area contributed by atoms with Gasteiger partial charge in [0.2, 0.25) is 5.91 Å². The van der Waals surface area contributed by atoms with Gasteiger partial charge >= 0.3 is 0 Å². The summed E-state index contributed by atoms with van der Waals surface area (Å²) in [5.74, 6) is -1.44. The molecule has 6 nitrogen and oxygen atoms in total. The van der Waals surface area contributed by atoms with Crippen molar-refractivity contribution in [3.8, 4) is 0 Å². The largest absolute Gasteiger partial charge is 0.369 e.